The average Bonchev–Trinajstić information content (AvgIpc) is 3.19. The number of hydrogen-bond donors (Lipinski definition) is 1. The Bertz CT molecular complexity index is 1170. The van der Waals surface area contributed by atoms with Crippen LogP contribution in [0.15, 0.2) is 72.3 Å². The van der Waals surface area contributed by atoms with Gasteiger partial charge < -0.3 is 5.32 Å². The van der Waals surface area contributed by atoms with Crippen LogP contribution in [0.2, 0.25) is 10.0 Å². The Hall–Kier alpha value is -2.94. The first-order chi connectivity index (χ1) is 14.6. The normalized spacial score (nSPS) is 10.7. The number of carbonyl (C=O) groups excluding carboxylic acids is 1. The number of anilines is 1. The summed E-state index contributed by atoms with van der Waals surface area (Å²) in [4.78, 5) is 20.9. The highest BCUT2D eigenvalue weighted by Crippen LogP contribution is 2.28. The summed E-state index contributed by atoms with van der Waals surface area (Å²) in [6.45, 7) is 0. The predicted octanol–water partition coefficient (Wildman–Crippen LogP) is 4.76. The van der Waals surface area contributed by atoms with Crippen molar-refractivity contribution in [2.24, 2.45) is 0 Å². The summed E-state index contributed by atoms with van der Waals surface area (Å²) in [6, 6.07) is 14.5. The molecule has 7 nitrogen and oxygen atoms in total. The van der Waals surface area contributed by atoms with Gasteiger partial charge in [-0.2, -0.15) is 0 Å². The number of para-hydroxylation sites is 1. The second-order valence-electron chi connectivity index (χ2n) is 6.03. The maximum Gasteiger partial charge on any atom is 0.234 e. The van der Waals surface area contributed by atoms with Crippen molar-refractivity contribution >= 4 is 46.6 Å². The lowest BCUT2D eigenvalue weighted by Gasteiger charge is -2.10. The zero-order valence-electron chi connectivity index (χ0n) is 15.4. The minimum Gasteiger partial charge on any atom is -0.324 e. The molecule has 0 saturated heterocycles. The van der Waals surface area contributed by atoms with Crippen LogP contribution in [-0.2, 0) is 4.79 Å². The lowest BCUT2D eigenvalue weighted by Crippen LogP contribution is -2.15. The van der Waals surface area contributed by atoms with Crippen molar-refractivity contribution in [1.82, 2.24) is 24.7 Å². The van der Waals surface area contributed by atoms with Crippen LogP contribution in [0.25, 0.3) is 17.2 Å². The highest BCUT2D eigenvalue weighted by molar-refractivity contribution is 7.99. The first kappa shape index (κ1) is 20.3. The van der Waals surface area contributed by atoms with E-state index in [9.17, 15) is 4.79 Å². The lowest BCUT2D eigenvalue weighted by molar-refractivity contribution is -0.113. The van der Waals surface area contributed by atoms with Gasteiger partial charge in [-0.1, -0.05) is 53.2 Å². The molecule has 1 N–H and O–H groups in total. The molecular weight excluding hydrogens is 443 g/mol. The van der Waals surface area contributed by atoms with E-state index in [1.165, 1.54) is 11.8 Å². The third-order valence-electron chi connectivity index (χ3n) is 3.98. The molecule has 1 amide bonds. The Morgan fingerprint density at radius 2 is 1.90 bits per heavy atom. The predicted molar refractivity (Wildman–Crippen MR) is 118 cm³/mol. The standard InChI is InChI=1S/C20H14Cl2N6OS/c21-13-6-7-16(15(22)10-13)25-18(29)12-30-20-27-26-19(17-11-23-8-9-24-17)28(20)14-4-2-1-3-5-14/h1-11H,12H2,(H,25,29). The van der Waals surface area contributed by atoms with Crippen LogP contribution in [0.4, 0.5) is 5.69 Å². The van der Waals surface area contributed by atoms with Crippen molar-refractivity contribution in [2.75, 3.05) is 11.1 Å². The summed E-state index contributed by atoms with van der Waals surface area (Å²) in [6.07, 6.45) is 4.80. The fraction of sp³-hybridized carbons (Fsp3) is 0.0500. The van der Waals surface area contributed by atoms with E-state index < -0.39 is 0 Å². The van der Waals surface area contributed by atoms with E-state index in [2.05, 4.69) is 25.5 Å². The molecule has 0 aliphatic carbocycles. The number of thioether (sulfide) groups is 1. The van der Waals surface area contributed by atoms with Gasteiger partial charge in [-0.3, -0.25) is 14.3 Å². The molecule has 150 valence electrons. The van der Waals surface area contributed by atoms with E-state index >= 15 is 0 Å². The van der Waals surface area contributed by atoms with Crippen molar-refractivity contribution in [1.29, 1.82) is 0 Å². The minimum absolute atomic E-state index is 0.115. The van der Waals surface area contributed by atoms with Gasteiger partial charge in [0.15, 0.2) is 11.0 Å². The van der Waals surface area contributed by atoms with Gasteiger partial charge in [0.1, 0.15) is 5.69 Å². The monoisotopic (exact) mass is 456 g/mol. The quantitative estimate of drug-likeness (QED) is 0.420. The summed E-state index contributed by atoms with van der Waals surface area (Å²) in [5, 5.41) is 12.7. The zero-order valence-corrected chi connectivity index (χ0v) is 17.7. The molecule has 0 aliphatic heterocycles. The number of hydrogen-bond acceptors (Lipinski definition) is 6. The van der Waals surface area contributed by atoms with Crippen LogP contribution in [0.1, 0.15) is 0 Å². The SMILES string of the molecule is O=C(CSc1nnc(-c2cnccn2)n1-c1ccccc1)Nc1ccc(Cl)cc1Cl. The molecular formula is C20H14Cl2N6OS. The van der Waals surface area contributed by atoms with E-state index in [1.807, 2.05) is 34.9 Å². The summed E-state index contributed by atoms with van der Waals surface area (Å²) >= 11 is 13.3. The van der Waals surface area contributed by atoms with E-state index in [-0.39, 0.29) is 11.7 Å². The molecule has 30 heavy (non-hydrogen) atoms. The topological polar surface area (TPSA) is 85.6 Å². The van der Waals surface area contributed by atoms with Crippen molar-refractivity contribution in [3.05, 3.63) is 77.2 Å². The van der Waals surface area contributed by atoms with Crippen LogP contribution in [0, 0.1) is 0 Å². The maximum absolute atomic E-state index is 12.4. The van der Waals surface area contributed by atoms with Gasteiger partial charge in [-0.05, 0) is 30.3 Å². The van der Waals surface area contributed by atoms with Gasteiger partial charge in [0.05, 0.1) is 22.7 Å². The first-order valence-corrected chi connectivity index (χ1v) is 10.5. The van der Waals surface area contributed by atoms with Crippen molar-refractivity contribution in [3.63, 3.8) is 0 Å². The Kier molecular flexibility index (Phi) is 6.27. The van der Waals surface area contributed by atoms with Gasteiger partial charge in [-0.25, -0.2) is 4.98 Å². The molecule has 4 aromatic rings. The lowest BCUT2D eigenvalue weighted by atomic mass is 10.3. The van der Waals surface area contributed by atoms with Crippen LogP contribution >= 0.6 is 35.0 Å². The summed E-state index contributed by atoms with van der Waals surface area (Å²) in [5.41, 5.74) is 1.93. The first-order valence-electron chi connectivity index (χ1n) is 8.77. The zero-order chi connectivity index (χ0) is 20.9. The number of aromatic nitrogens is 5. The third-order valence-corrected chi connectivity index (χ3v) is 5.45. The number of halogens is 2. The molecule has 4 rings (SSSR count). The van der Waals surface area contributed by atoms with Gasteiger partial charge in [0.2, 0.25) is 5.91 Å². The second kappa shape index (κ2) is 9.25. The maximum atomic E-state index is 12.4. The van der Waals surface area contributed by atoms with E-state index in [0.717, 1.165) is 5.69 Å². The molecule has 0 aliphatic rings. The smallest absolute Gasteiger partial charge is 0.234 e. The minimum atomic E-state index is -0.229. The average molecular weight is 457 g/mol. The summed E-state index contributed by atoms with van der Waals surface area (Å²) in [7, 11) is 0. The van der Waals surface area contributed by atoms with Crippen LogP contribution in [0.5, 0.6) is 0 Å². The highest BCUT2D eigenvalue weighted by atomic mass is 35.5. The fourth-order valence-corrected chi connectivity index (χ4v) is 3.87. The van der Waals surface area contributed by atoms with Gasteiger partial charge in [0.25, 0.3) is 0 Å². The van der Waals surface area contributed by atoms with E-state index in [1.54, 1.807) is 36.8 Å². The van der Waals surface area contributed by atoms with Crippen LogP contribution in [0.3, 0.4) is 0 Å². The largest absolute Gasteiger partial charge is 0.324 e. The highest BCUT2D eigenvalue weighted by Gasteiger charge is 2.18. The Morgan fingerprint density at radius 3 is 2.63 bits per heavy atom. The molecule has 0 fully saturated rings. The molecule has 2 aromatic heterocycles. The van der Waals surface area contributed by atoms with Crippen molar-refractivity contribution < 1.29 is 4.79 Å². The van der Waals surface area contributed by atoms with Gasteiger partial charge in [-0.15, -0.1) is 10.2 Å². The van der Waals surface area contributed by atoms with E-state index in [4.69, 9.17) is 23.2 Å². The van der Waals surface area contributed by atoms with Crippen molar-refractivity contribution in [3.8, 4) is 17.2 Å². The molecule has 0 atom stereocenters. The Labute approximate surface area is 186 Å². The molecule has 0 radical (unpaired) electrons. The van der Waals surface area contributed by atoms with Crippen LogP contribution < -0.4 is 5.32 Å². The fourth-order valence-electron chi connectivity index (χ4n) is 2.66. The number of benzene rings is 2. The number of nitrogens with zero attached hydrogens (tertiary/aromatic N) is 5. The van der Waals surface area contributed by atoms with Crippen LogP contribution in [-0.4, -0.2) is 36.4 Å². The Morgan fingerprint density at radius 1 is 1.07 bits per heavy atom. The van der Waals surface area contributed by atoms with Gasteiger partial charge >= 0.3 is 0 Å². The van der Waals surface area contributed by atoms with E-state index in [0.29, 0.717) is 32.4 Å². The molecule has 0 bridgehead atoms. The Balaban J connectivity index is 1.57. The number of rotatable bonds is 6. The molecule has 2 heterocycles. The number of nitrogens with one attached hydrogen (secondary N) is 1. The third kappa shape index (κ3) is 4.62. The summed E-state index contributed by atoms with van der Waals surface area (Å²) in [5.74, 6) is 0.426. The van der Waals surface area contributed by atoms with Gasteiger partial charge in [0, 0.05) is 23.1 Å². The van der Waals surface area contributed by atoms with Crippen molar-refractivity contribution in [2.45, 2.75) is 5.16 Å². The molecule has 0 saturated carbocycles. The summed E-state index contributed by atoms with van der Waals surface area (Å²) < 4.78 is 1.84. The molecule has 2 aromatic carbocycles. The molecule has 10 heteroatoms. The number of carbonyl (C=O) groups is 1. The molecule has 0 unspecified atom stereocenters. The number of amides is 1. The second-order valence-corrected chi connectivity index (χ2v) is 7.81. The molecule has 0 spiro atoms.